The summed E-state index contributed by atoms with van der Waals surface area (Å²) in [5.74, 6) is 0. The number of nitrogens with zero attached hydrogens (tertiary/aromatic N) is 1. The Bertz CT molecular complexity index is 343. The monoisotopic (exact) mass is 289 g/mol. The molecule has 0 spiro atoms. The van der Waals surface area contributed by atoms with Crippen molar-refractivity contribution in [2.75, 3.05) is 33.7 Å². The first-order valence-electron chi connectivity index (χ1n) is 7.73. The third kappa shape index (κ3) is 8.41. The van der Waals surface area contributed by atoms with Crippen LogP contribution in [0.15, 0.2) is 36.1 Å². The summed E-state index contributed by atoms with van der Waals surface area (Å²) in [7, 11) is 8.02. The van der Waals surface area contributed by atoms with Gasteiger partial charge in [0.1, 0.15) is 12.1 Å². The molecule has 3 radical (unpaired) electrons. The number of rotatable bonds is 10. The van der Waals surface area contributed by atoms with E-state index in [2.05, 4.69) is 66.6 Å². The first kappa shape index (κ1) is 17.3. The van der Waals surface area contributed by atoms with Crippen LogP contribution < -0.4 is 5.32 Å². The van der Waals surface area contributed by atoms with Crippen LogP contribution in [0.1, 0.15) is 25.7 Å². The average Bonchev–Trinajstić information content (AvgIpc) is 2.42. The van der Waals surface area contributed by atoms with Crippen molar-refractivity contribution < 1.29 is 4.48 Å². The van der Waals surface area contributed by atoms with Crippen molar-refractivity contribution in [3.8, 4) is 0 Å². The molecule has 3 heteroatoms. The van der Waals surface area contributed by atoms with E-state index in [0.717, 1.165) is 30.2 Å². The fraction of sp³-hybridized carbons (Fsp3) is 0.588. The van der Waals surface area contributed by atoms with Crippen LogP contribution in [0.5, 0.6) is 0 Å². The van der Waals surface area contributed by atoms with Crippen LogP contribution in [0.25, 0.3) is 0 Å². The molecule has 1 rings (SSSR count). The molecule has 1 N–H and O–H groups in total. The molecule has 0 aromatic carbocycles. The third-order valence-corrected chi connectivity index (χ3v) is 3.80. The van der Waals surface area contributed by atoms with Crippen molar-refractivity contribution >= 4 is 10.2 Å². The molecule has 1 aliphatic carbocycles. The van der Waals surface area contributed by atoms with Crippen LogP contribution in [0.2, 0.25) is 6.04 Å². The molecule has 0 bridgehead atoms. The van der Waals surface area contributed by atoms with E-state index in [1.807, 2.05) is 0 Å². The van der Waals surface area contributed by atoms with Gasteiger partial charge in [0, 0.05) is 47.5 Å². The van der Waals surface area contributed by atoms with E-state index in [-0.39, 0.29) is 0 Å². The number of nitrogens with one attached hydrogen (secondary N) is 1. The van der Waals surface area contributed by atoms with Gasteiger partial charge in [0.15, 0.2) is 6.20 Å². The summed E-state index contributed by atoms with van der Waals surface area (Å²) in [6.45, 7) is 3.34. The lowest BCUT2D eigenvalue weighted by atomic mass is 10.1. The second-order valence-corrected chi connectivity index (χ2v) is 6.46. The highest BCUT2D eigenvalue weighted by Gasteiger charge is 2.17. The molecule has 109 valence electrons. The van der Waals surface area contributed by atoms with E-state index < -0.39 is 0 Å². The molecule has 0 heterocycles. The van der Waals surface area contributed by atoms with Gasteiger partial charge < -0.3 is 5.32 Å². The summed E-state index contributed by atoms with van der Waals surface area (Å²) in [6.07, 6.45) is 18.2. The van der Waals surface area contributed by atoms with Gasteiger partial charge in [-0.25, -0.2) is 0 Å². The van der Waals surface area contributed by atoms with Gasteiger partial charge in [-0.05, 0) is 13.0 Å². The summed E-state index contributed by atoms with van der Waals surface area (Å²) in [4.78, 5) is 0. The summed E-state index contributed by atoms with van der Waals surface area (Å²) in [5.41, 5.74) is 1.30. The Hall–Kier alpha value is -0.773. The predicted octanol–water partition coefficient (Wildman–Crippen LogP) is 3.01. The van der Waals surface area contributed by atoms with Crippen LogP contribution in [-0.4, -0.2) is 48.5 Å². The van der Waals surface area contributed by atoms with Gasteiger partial charge >= 0.3 is 0 Å². The molecule has 2 nitrogen and oxygen atoms in total. The van der Waals surface area contributed by atoms with E-state index >= 15 is 0 Å². The van der Waals surface area contributed by atoms with E-state index in [0.29, 0.717) is 0 Å². The van der Waals surface area contributed by atoms with Gasteiger partial charge in [0.2, 0.25) is 0 Å². The van der Waals surface area contributed by atoms with Gasteiger partial charge in [0.05, 0.1) is 14.1 Å². The maximum atomic E-state index is 3.56. The Balaban J connectivity index is 2.10. The van der Waals surface area contributed by atoms with Gasteiger partial charge in [-0.15, -0.1) is 0 Å². The molecule has 1 aliphatic rings. The van der Waals surface area contributed by atoms with Gasteiger partial charge in [-0.1, -0.05) is 25.3 Å². The topological polar surface area (TPSA) is 12.0 Å². The predicted molar refractivity (Wildman–Crippen MR) is 89.5 cm³/mol. The first-order valence-corrected chi connectivity index (χ1v) is 8.44. The zero-order chi connectivity index (χ0) is 14.7. The number of unbranched alkanes of at least 4 members (excludes halogenated alkanes) is 3. The summed E-state index contributed by atoms with van der Waals surface area (Å²) >= 11 is 0. The minimum absolute atomic E-state index is 0.917. The highest BCUT2D eigenvalue weighted by atomic mass is 28.1. The largest absolute Gasteiger partial charge is 0.311 e. The van der Waals surface area contributed by atoms with Crippen LogP contribution >= 0.6 is 0 Å². The van der Waals surface area contributed by atoms with E-state index in [1.165, 1.54) is 31.3 Å². The molecule has 0 aliphatic heterocycles. The quantitative estimate of drug-likeness (QED) is 0.282. The highest BCUT2D eigenvalue weighted by molar-refractivity contribution is 6.08. The normalized spacial score (nSPS) is 16.6. The lowest BCUT2D eigenvalue weighted by Crippen LogP contribution is -2.40. The highest BCUT2D eigenvalue weighted by Crippen LogP contribution is 2.12. The van der Waals surface area contributed by atoms with Crippen molar-refractivity contribution in [2.24, 2.45) is 0 Å². The molecule has 0 unspecified atom stereocenters. The zero-order valence-corrected chi connectivity index (χ0v) is 14.1. The van der Waals surface area contributed by atoms with Gasteiger partial charge in [-0.2, -0.15) is 0 Å². The minimum Gasteiger partial charge on any atom is -0.311 e. The van der Waals surface area contributed by atoms with E-state index in [1.54, 1.807) is 0 Å². The maximum absolute atomic E-state index is 3.56. The fourth-order valence-corrected chi connectivity index (χ4v) is 2.48. The zero-order valence-electron chi connectivity index (χ0n) is 13.1. The standard InChI is InChI=1S/C17H29N2Si/c1-19(2,16-17-10-6-5-7-11-17)14-13-18-12-8-3-4-9-15-20/h5-7,10-11,16,18H,3-4,8-9,12-15H2,1-2H3/q+2. The molecule has 0 aromatic rings. The number of hydrogen-bond donors (Lipinski definition) is 1. The fourth-order valence-electron chi connectivity index (χ4n) is 2.23. The van der Waals surface area contributed by atoms with E-state index in [4.69, 9.17) is 0 Å². The molecule has 20 heavy (non-hydrogen) atoms. The molecule has 0 saturated heterocycles. The van der Waals surface area contributed by atoms with E-state index in [9.17, 15) is 0 Å². The summed E-state index contributed by atoms with van der Waals surface area (Å²) in [5, 5.41) is 3.56. The first-order chi connectivity index (χ1) is 9.64. The molecule has 0 atom stereocenters. The third-order valence-electron chi connectivity index (χ3n) is 3.44. The van der Waals surface area contributed by atoms with Crippen molar-refractivity contribution in [1.29, 1.82) is 0 Å². The molecule has 0 fully saturated rings. The summed E-state index contributed by atoms with van der Waals surface area (Å²) in [6, 6.07) is 1.13. The van der Waals surface area contributed by atoms with Crippen LogP contribution in [0.4, 0.5) is 0 Å². The van der Waals surface area contributed by atoms with Crippen molar-refractivity contribution in [2.45, 2.75) is 31.7 Å². The van der Waals surface area contributed by atoms with Crippen molar-refractivity contribution in [1.82, 2.24) is 5.32 Å². The lowest BCUT2D eigenvalue weighted by molar-refractivity contribution is -0.837. The molecule has 0 aromatic heterocycles. The SMILES string of the molecule is C[N+](C)(C=C1C=CC=C[CH+]1)CCNCCCCCC[Si]. The lowest BCUT2D eigenvalue weighted by Gasteiger charge is -2.23. The molecular weight excluding hydrogens is 260 g/mol. The van der Waals surface area contributed by atoms with Crippen molar-refractivity contribution in [3.05, 3.63) is 42.5 Å². The second-order valence-electron chi connectivity index (χ2n) is 5.96. The van der Waals surface area contributed by atoms with Crippen LogP contribution in [0.3, 0.4) is 0 Å². The Kier molecular flexibility index (Phi) is 8.66. The van der Waals surface area contributed by atoms with Crippen LogP contribution in [-0.2, 0) is 0 Å². The van der Waals surface area contributed by atoms with Gasteiger partial charge in [-0.3, -0.25) is 4.48 Å². The number of quaternary nitrogens is 1. The summed E-state index contributed by atoms with van der Waals surface area (Å²) < 4.78 is 0.917. The Morgan fingerprint density at radius 2 is 1.95 bits per heavy atom. The maximum Gasteiger partial charge on any atom is 0.177 e. The van der Waals surface area contributed by atoms with Crippen LogP contribution in [0, 0.1) is 6.42 Å². The minimum atomic E-state index is 0.917. The molecule has 0 saturated carbocycles. The number of allylic oxidation sites excluding steroid dienone is 5. The number of hydrogen-bond acceptors (Lipinski definition) is 1. The Morgan fingerprint density at radius 3 is 2.65 bits per heavy atom. The Morgan fingerprint density at radius 1 is 1.15 bits per heavy atom. The van der Waals surface area contributed by atoms with Gasteiger partial charge in [0.25, 0.3) is 0 Å². The Labute approximate surface area is 128 Å². The molecular formula is C17H29N2Si+2. The number of likely N-dealkylation sites (N-methyl/N-ethyl adjacent to an activating group) is 1. The second kappa shape index (κ2) is 10.0. The smallest absolute Gasteiger partial charge is 0.177 e. The molecule has 0 amide bonds. The average molecular weight is 290 g/mol. The van der Waals surface area contributed by atoms with Crippen molar-refractivity contribution in [3.63, 3.8) is 0 Å².